The van der Waals surface area contributed by atoms with Crippen LogP contribution in [0.15, 0.2) is 54.0 Å². The molecule has 0 saturated heterocycles. The number of benzene rings is 1. The second-order valence-electron chi connectivity index (χ2n) is 6.76. The van der Waals surface area contributed by atoms with Crippen molar-refractivity contribution in [3.05, 3.63) is 81.3 Å². The summed E-state index contributed by atoms with van der Waals surface area (Å²) < 4.78 is 1.70. The summed E-state index contributed by atoms with van der Waals surface area (Å²) in [4.78, 5) is 48.7. The fourth-order valence-corrected chi connectivity index (χ4v) is 4.08. The number of amides is 2. The maximum absolute atomic E-state index is 12.9. The summed E-state index contributed by atoms with van der Waals surface area (Å²) in [5.41, 5.74) is 1.71. The molecule has 9 heteroatoms. The van der Waals surface area contributed by atoms with Crippen LogP contribution < -0.4 is 0 Å². The zero-order valence-electron chi connectivity index (χ0n) is 15.7. The standard InChI is InChI=1S/C21H14N4O4S/c1-12-9-16(17-10-22-24(18(17)23-12)11-13-5-4-8-30-13)21(28)29-25-19(26)14-6-2-3-7-15(14)20(25)27/h2-10H,11H2,1H3. The van der Waals surface area contributed by atoms with Crippen LogP contribution in [0.1, 0.15) is 41.6 Å². The molecule has 4 aromatic rings. The molecule has 0 spiro atoms. The summed E-state index contributed by atoms with van der Waals surface area (Å²) in [7, 11) is 0. The van der Waals surface area contributed by atoms with E-state index in [4.69, 9.17) is 4.84 Å². The third-order valence-corrected chi connectivity index (χ3v) is 5.64. The number of nitrogens with zero attached hydrogens (tertiary/aromatic N) is 4. The van der Waals surface area contributed by atoms with Gasteiger partial charge in [-0.25, -0.2) is 14.5 Å². The monoisotopic (exact) mass is 418 g/mol. The van der Waals surface area contributed by atoms with Crippen LogP contribution in [0.5, 0.6) is 0 Å². The minimum Gasteiger partial charge on any atom is -0.324 e. The molecule has 30 heavy (non-hydrogen) atoms. The number of hydrogen-bond acceptors (Lipinski definition) is 7. The fourth-order valence-electron chi connectivity index (χ4n) is 3.39. The molecule has 8 nitrogen and oxygen atoms in total. The van der Waals surface area contributed by atoms with Gasteiger partial charge in [0.2, 0.25) is 0 Å². The maximum Gasteiger partial charge on any atom is 0.364 e. The lowest BCUT2D eigenvalue weighted by molar-refractivity contribution is -0.0583. The molecule has 1 aromatic carbocycles. The number of fused-ring (bicyclic) bond motifs is 2. The quantitative estimate of drug-likeness (QED) is 0.473. The Kier molecular flexibility index (Phi) is 4.18. The fraction of sp³-hybridized carbons (Fsp3) is 0.0952. The van der Waals surface area contributed by atoms with Gasteiger partial charge in [-0.3, -0.25) is 9.59 Å². The number of hydroxylamine groups is 2. The first kappa shape index (κ1) is 18.2. The smallest absolute Gasteiger partial charge is 0.324 e. The first-order valence-corrected chi connectivity index (χ1v) is 9.96. The Hall–Kier alpha value is -3.85. The largest absolute Gasteiger partial charge is 0.364 e. The zero-order valence-corrected chi connectivity index (χ0v) is 16.5. The van der Waals surface area contributed by atoms with Crippen molar-refractivity contribution in [2.45, 2.75) is 13.5 Å². The predicted octanol–water partition coefficient (Wildman–Crippen LogP) is 3.22. The molecule has 148 valence electrons. The van der Waals surface area contributed by atoms with Gasteiger partial charge >= 0.3 is 5.97 Å². The third-order valence-electron chi connectivity index (χ3n) is 4.77. The number of aryl methyl sites for hydroxylation is 1. The van der Waals surface area contributed by atoms with Gasteiger partial charge in [-0.05, 0) is 36.6 Å². The van der Waals surface area contributed by atoms with E-state index in [1.54, 1.807) is 41.1 Å². The first-order valence-electron chi connectivity index (χ1n) is 9.08. The van der Waals surface area contributed by atoms with Crippen molar-refractivity contribution in [1.82, 2.24) is 19.8 Å². The van der Waals surface area contributed by atoms with E-state index in [2.05, 4.69) is 10.1 Å². The van der Waals surface area contributed by atoms with Crippen LogP contribution >= 0.6 is 11.3 Å². The number of carbonyl (C=O) groups is 3. The zero-order chi connectivity index (χ0) is 20.8. The SMILES string of the molecule is Cc1cc(C(=O)ON2C(=O)c3ccccc3C2=O)c2cnn(Cc3cccs3)c2n1. The average molecular weight is 418 g/mol. The first-order chi connectivity index (χ1) is 14.5. The van der Waals surface area contributed by atoms with E-state index in [9.17, 15) is 14.4 Å². The highest BCUT2D eigenvalue weighted by Crippen LogP contribution is 2.25. The minimum absolute atomic E-state index is 0.187. The van der Waals surface area contributed by atoms with Crippen molar-refractivity contribution in [3.63, 3.8) is 0 Å². The Morgan fingerprint density at radius 1 is 1.10 bits per heavy atom. The Labute approximate surface area is 174 Å². The van der Waals surface area contributed by atoms with Crippen LogP contribution in [0.4, 0.5) is 0 Å². The highest BCUT2D eigenvalue weighted by atomic mass is 32.1. The van der Waals surface area contributed by atoms with Gasteiger partial charge in [0.1, 0.15) is 0 Å². The lowest BCUT2D eigenvalue weighted by Gasteiger charge is -2.13. The molecule has 0 unspecified atom stereocenters. The van der Waals surface area contributed by atoms with Crippen molar-refractivity contribution in [1.29, 1.82) is 0 Å². The van der Waals surface area contributed by atoms with Crippen molar-refractivity contribution < 1.29 is 19.2 Å². The molecule has 0 aliphatic carbocycles. The lowest BCUT2D eigenvalue weighted by Crippen LogP contribution is -2.32. The average Bonchev–Trinajstić information content (AvgIpc) is 3.45. The van der Waals surface area contributed by atoms with E-state index in [0.717, 1.165) is 4.88 Å². The van der Waals surface area contributed by atoms with E-state index in [0.29, 0.717) is 28.3 Å². The molecule has 2 amide bonds. The Morgan fingerprint density at radius 3 is 2.50 bits per heavy atom. The second-order valence-corrected chi connectivity index (χ2v) is 7.79. The van der Waals surface area contributed by atoms with E-state index >= 15 is 0 Å². The van der Waals surface area contributed by atoms with Gasteiger partial charge in [0.05, 0.1) is 34.8 Å². The number of carbonyl (C=O) groups excluding carboxylic acids is 3. The molecule has 0 atom stereocenters. The van der Waals surface area contributed by atoms with E-state index < -0.39 is 17.8 Å². The van der Waals surface area contributed by atoms with Crippen LogP contribution in [-0.4, -0.2) is 37.6 Å². The topological polar surface area (TPSA) is 94.4 Å². The summed E-state index contributed by atoms with van der Waals surface area (Å²) in [6.07, 6.45) is 1.54. The molecule has 1 aliphatic rings. The van der Waals surface area contributed by atoms with Gasteiger partial charge in [0, 0.05) is 10.6 Å². The molecular weight excluding hydrogens is 404 g/mol. The molecule has 5 rings (SSSR count). The lowest BCUT2D eigenvalue weighted by atomic mass is 10.1. The Morgan fingerprint density at radius 2 is 1.83 bits per heavy atom. The van der Waals surface area contributed by atoms with Gasteiger partial charge in [-0.15, -0.1) is 11.3 Å². The summed E-state index contributed by atoms with van der Waals surface area (Å²) in [6.45, 7) is 2.27. The minimum atomic E-state index is -0.823. The molecule has 0 saturated carbocycles. The number of pyridine rings is 1. The van der Waals surface area contributed by atoms with Crippen molar-refractivity contribution >= 4 is 40.2 Å². The molecule has 0 fully saturated rings. The summed E-state index contributed by atoms with van der Waals surface area (Å²) in [5, 5.41) is 7.32. The van der Waals surface area contributed by atoms with Crippen LogP contribution in [0, 0.1) is 6.92 Å². The molecular formula is C21H14N4O4S. The predicted molar refractivity (Wildman–Crippen MR) is 108 cm³/mol. The van der Waals surface area contributed by atoms with Gasteiger partial charge in [0.15, 0.2) is 5.65 Å². The van der Waals surface area contributed by atoms with Crippen LogP contribution in [-0.2, 0) is 11.4 Å². The van der Waals surface area contributed by atoms with Gasteiger partial charge in [-0.1, -0.05) is 23.3 Å². The number of thiophene rings is 1. The second kappa shape index (κ2) is 6.89. The van der Waals surface area contributed by atoms with Gasteiger partial charge in [0.25, 0.3) is 11.8 Å². The van der Waals surface area contributed by atoms with Crippen molar-refractivity contribution in [2.75, 3.05) is 0 Å². The van der Waals surface area contributed by atoms with Gasteiger partial charge < -0.3 is 4.84 Å². The number of imide groups is 1. The molecule has 1 aliphatic heterocycles. The number of rotatable bonds is 4. The van der Waals surface area contributed by atoms with E-state index in [1.807, 2.05) is 17.5 Å². The van der Waals surface area contributed by atoms with E-state index in [1.165, 1.54) is 18.3 Å². The normalized spacial score (nSPS) is 13.2. The molecule has 0 radical (unpaired) electrons. The summed E-state index contributed by atoms with van der Waals surface area (Å²) in [5.74, 6) is -2.16. The third kappa shape index (κ3) is 2.87. The van der Waals surface area contributed by atoms with Crippen LogP contribution in [0.25, 0.3) is 11.0 Å². The Bertz CT molecular complexity index is 1290. The molecule has 4 heterocycles. The summed E-state index contributed by atoms with van der Waals surface area (Å²) >= 11 is 1.60. The van der Waals surface area contributed by atoms with Gasteiger partial charge in [-0.2, -0.15) is 5.10 Å². The van der Waals surface area contributed by atoms with Crippen molar-refractivity contribution in [3.8, 4) is 0 Å². The highest BCUT2D eigenvalue weighted by Gasteiger charge is 2.39. The number of hydrogen-bond donors (Lipinski definition) is 0. The summed E-state index contributed by atoms with van der Waals surface area (Å²) in [6, 6.07) is 11.8. The maximum atomic E-state index is 12.9. The highest BCUT2D eigenvalue weighted by molar-refractivity contribution is 7.09. The number of aromatic nitrogens is 3. The van der Waals surface area contributed by atoms with Crippen molar-refractivity contribution in [2.24, 2.45) is 0 Å². The van der Waals surface area contributed by atoms with Crippen LogP contribution in [0.2, 0.25) is 0 Å². The molecule has 3 aromatic heterocycles. The molecule has 0 bridgehead atoms. The molecule has 0 N–H and O–H groups in total. The Balaban J connectivity index is 1.48. The van der Waals surface area contributed by atoms with Crippen LogP contribution in [0.3, 0.4) is 0 Å². The van der Waals surface area contributed by atoms with E-state index in [-0.39, 0.29) is 16.7 Å².